The summed E-state index contributed by atoms with van der Waals surface area (Å²) in [6, 6.07) is 0. The molecule has 0 aromatic carbocycles. The molecule has 0 saturated heterocycles. The summed E-state index contributed by atoms with van der Waals surface area (Å²) < 4.78 is 0. The van der Waals surface area contributed by atoms with Crippen LogP contribution in [0.25, 0.3) is 0 Å². The maximum atomic E-state index is 11.3. The maximum Gasteiger partial charge on any atom is 0.394 e. The van der Waals surface area contributed by atoms with E-state index in [4.69, 9.17) is 10.2 Å². The van der Waals surface area contributed by atoms with Crippen molar-refractivity contribution in [3.05, 3.63) is 16.0 Å². The molecular formula is C11H9NO6S. The van der Waals surface area contributed by atoms with Gasteiger partial charge in [0.15, 0.2) is 0 Å². The lowest BCUT2D eigenvalue weighted by Gasteiger charge is -2.10. The summed E-state index contributed by atoms with van der Waals surface area (Å²) in [4.78, 5) is 44.7. The number of hydrogen-bond donors (Lipinski definition) is 3. The molecule has 0 radical (unpaired) electrons. The van der Waals surface area contributed by atoms with Crippen molar-refractivity contribution >= 4 is 40.0 Å². The Bertz CT molecular complexity index is 603. The van der Waals surface area contributed by atoms with Crippen LogP contribution in [0.15, 0.2) is 0 Å². The van der Waals surface area contributed by atoms with Gasteiger partial charge < -0.3 is 15.5 Å². The van der Waals surface area contributed by atoms with E-state index in [0.29, 0.717) is 16.9 Å². The van der Waals surface area contributed by atoms with Gasteiger partial charge in [0.05, 0.1) is 5.56 Å². The number of aromatic carboxylic acids is 1. The van der Waals surface area contributed by atoms with Crippen LogP contribution >= 0.6 is 11.3 Å². The van der Waals surface area contributed by atoms with Crippen LogP contribution in [-0.2, 0) is 27.2 Å². The number of carboxylic acid groups (broad SMARTS) is 2. The minimum Gasteiger partial charge on any atom is -0.478 e. The highest BCUT2D eigenvalue weighted by molar-refractivity contribution is 7.17. The number of thiophene rings is 1. The van der Waals surface area contributed by atoms with E-state index in [9.17, 15) is 19.2 Å². The van der Waals surface area contributed by atoms with E-state index in [0.717, 1.165) is 11.3 Å². The van der Waals surface area contributed by atoms with Crippen LogP contribution in [0, 0.1) is 0 Å². The van der Waals surface area contributed by atoms with Gasteiger partial charge in [-0.25, -0.2) is 9.59 Å². The Balaban J connectivity index is 2.43. The molecule has 2 rings (SSSR count). The number of anilines is 1. The summed E-state index contributed by atoms with van der Waals surface area (Å²) in [5.41, 5.74) is 0.403. The largest absolute Gasteiger partial charge is 0.478 e. The number of aliphatic carboxylic acids is 1. The molecule has 0 saturated carbocycles. The van der Waals surface area contributed by atoms with Crippen molar-refractivity contribution in [3.8, 4) is 0 Å². The first kappa shape index (κ1) is 13.2. The minimum atomic E-state index is -1.70. The van der Waals surface area contributed by atoms with Gasteiger partial charge in [0, 0.05) is 17.7 Å². The van der Waals surface area contributed by atoms with E-state index in [1.807, 2.05) is 0 Å². The molecule has 100 valence electrons. The van der Waals surface area contributed by atoms with Crippen LogP contribution in [0.2, 0.25) is 0 Å². The van der Waals surface area contributed by atoms with E-state index >= 15 is 0 Å². The number of rotatable bonds is 2. The van der Waals surface area contributed by atoms with E-state index in [-0.39, 0.29) is 29.2 Å². The Morgan fingerprint density at radius 2 is 1.84 bits per heavy atom. The molecule has 0 unspecified atom stereocenters. The smallest absolute Gasteiger partial charge is 0.394 e. The average Bonchev–Trinajstić information content (AvgIpc) is 2.65. The van der Waals surface area contributed by atoms with Gasteiger partial charge in [-0.1, -0.05) is 0 Å². The molecule has 0 atom stereocenters. The Morgan fingerprint density at radius 1 is 1.16 bits per heavy atom. The number of hydrogen-bond acceptors (Lipinski definition) is 5. The van der Waals surface area contributed by atoms with E-state index in [1.165, 1.54) is 0 Å². The van der Waals surface area contributed by atoms with Crippen molar-refractivity contribution in [2.45, 2.75) is 19.3 Å². The van der Waals surface area contributed by atoms with Crippen molar-refractivity contribution in [1.29, 1.82) is 0 Å². The lowest BCUT2D eigenvalue weighted by atomic mass is 9.94. The van der Waals surface area contributed by atoms with Crippen LogP contribution in [0.5, 0.6) is 0 Å². The van der Waals surface area contributed by atoms with Crippen LogP contribution in [-0.4, -0.2) is 33.8 Å². The molecule has 1 amide bonds. The number of amides is 1. The van der Waals surface area contributed by atoms with E-state index < -0.39 is 17.8 Å². The number of nitrogens with one attached hydrogen (secondary N) is 1. The van der Waals surface area contributed by atoms with Gasteiger partial charge in [0.2, 0.25) is 0 Å². The monoisotopic (exact) mass is 283 g/mol. The fraction of sp³-hybridized carbons (Fsp3) is 0.273. The number of Topliss-reactive ketones (excluding diaryl/α,β-unsaturated/α-hetero) is 1. The molecular weight excluding hydrogens is 274 g/mol. The molecule has 1 aliphatic rings. The summed E-state index contributed by atoms with van der Waals surface area (Å²) in [6.07, 6.45) is 0.689. The Kier molecular flexibility index (Phi) is 3.34. The minimum absolute atomic E-state index is 0.00167. The molecule has 7 nitrogen and oxygen atoms in total. The van der Waals surface area contributed by atoms with Crippen LogP contribution in [0.4, 0.5) is 5.00 Å². The first-order valence-electron chi connectivity index (χ1n) is 5.34. The summed E-state index contributed by atoms with van der Waals surface area (Å²) >= 11 is 0.943. The lowest BCUT2D eigenvalue weighted by molar-refractivity contribution is -0.147. The maximum absolute atomic E-state index is 11.3. The number of carbonyl (C=O) groups is 4. The zero-order chi connectivity index (χ0) is 14.2. The first-order chi connectivity index (χ1) is 8.90. The molecule has 1 aromatic heterocycles. The highest BCUT2D eigenvalue weighted by atomic mass is 32.1. The van der Waals surface area contributed by atoms with Crippen molar-refractivity contribution in [3.63, 3.8) is 0 Å². The molecule has 0 aliphatic heterocycles. The second-order valence-electron chi connectivity index (χ2n) is 3.99. The molecule has 3 N–H and O–H groups in total. The fourth-order valence-corrected chi connectivity index (χ4v) is 3.19. The first-order valence-corrected chi connectivity index (χ1v) is 6.15. The number of ketones is 1. The molecule has 1 aromatic rings. The fourth-order valence-electron chi connectivity index (χ4n) is 1.92. The molecule has 19 heavy (non-hydrogen) atoms. The highest BCUT2D eigenvalue weighted by Crippen LogP contribution is 2.37. The lowest BCUT2D eigenvalue weighted by Crippen LogP contribution is -2.22. The topological polar surface area (TPSA) is 121 Å². The predicted molar refractivity (Wildman–Crippen MR) is 64.6 cm³/mol. The van der Waals surface area contributed by atoms with Gasteiger partial charge in [-0.2, -0.15) is 0 Å². The van der Waals surface area contributed by atoms with Gasteiger partial charge >= 0.3 is 17.8 Å². The van der Waals surface area contributed by atoms with Gasteiger partial charge in [-0.05, 0) is 12.0 Å². The molecule has 0 spiro atoms. The van der Waals surface area contributed by atoms with Crippen molar-refractivity contribution in [1.82, 2.24) is 0 Å². The third kappa shape index (κ3) is 2.48. The standard InChI is InChI=1S/C11H9NO6S/c13-4-1-2-5-6(3-4)19-9(7(5)10(15)16)12-8(14)11(17)18/h1-3H2,(H,12,14)(H,15,16)(H,17,18). The van der Waals surface area contributed by atoms with Crippen LogP contribution < -0.4 is 5.32 Å². The third-order valence-electron chi connectivity index (χ3n) is 2.74. The number of fused-ring (bicyclic) bond motifs is 1. The quantitative estimate of drug-likeness (QED) is 0.681. The molecule has 0 bridgehead atoms. The molecule has 1 aliphatic carbocycles. The second kappa shape index (κ2) is 4.81. The Labute approximate surface area is 110 Å². The van der Waals surface area contributed by atoms with Gasteiger partial charge in [0.1, 0.15) is 10.8 Å². The molecule has 8 heteroatoms. The van der Waals surface area contributed by atoms with Crippen LogP contribution in [0.3, 0.4) is 0 Å². The van der Waals surface area contributed by atoms with Crippen molar-refractivity contribution < 1.29 is 29.4 Å². The van der Waals surface area contributed by atoms with Crippen molar-refractivity contribution in [2.75, 3.05) is 5.32 Å². The summed E-state index contributed by atoms with van der Waals surface area (Å²) in [6.45, 7) is 0. The highest BCUT2D eigenvalue weighted by Gasteiger charge is 2.29. The van der Waals surface area contributed by atoms with E-state index in [2.05, 4.69) is 5.32 Å². The van der Waals surface area contributed by atoms with Crippen molar-refractivity contribution in [2.24, 2.45) is 0 Å². The molecule has 1 heterocycles. The van der Waals surface area contributed by atoms with Gasteiger partial charge in [-0.3, -0.25) is 9.59 Å². The Hall–Kier alpha value is -2.22. The summed E-state index contributed by atoms with van der Waals surface area (Å²) in [5, 5.41) is 19.7. The predicted octanol–water partition coefficient (Wildman–Crippen LogP) is 0.527. The summed E-state index contributed by atoms with van der Waals surface area (Å²) in [7, 11) is 0. The Morgan fingerprint density at radius 3 is 2.42 bits per heavy atom. The normalized spacial score (nSPS) is 13.8. The zero-order valence-electron chi connectivity index (χ0n) is 9.56. The van der Waals surface area contributed by atoms with Gasteiger partial charge in [0.25, 0.3) is 0 Å². The SMILES string of the molecule is O=C1CCc2c(sc(NC(=O)C(=O)O)c2C(=O)O)C1. The zero-order valence-corrected chi connectivity index (χ0v) is 10.4. The average molecular weight is 283 g/mol. The summed E-state index contributed by atoms with van der Waals surface area (Å²) in [5.74, 6) is -4.24. The van der Waals surface area contributed by atoms with Crippen LogP contribution in [0.1, 0.15) is 27.2 Å². The number of carbonyl (C=O) groups excluding carboxylic acids is 2. The van der Waals surface area contributed by atoms with Gasteiger partial charge in [-0.15, -0.1) is 11.3 Å². The second-order valence-corrected chi connectivity index (χ2v) is 5.09. The number of carboxylic acids is 2. The molecule has 0 fully saturated rings. The third-order valence-corrected chi connectivity index (χ3v) is 3.88. The van der Waals surface area contributed by atoms with E-state index in [1.54, 1.807) is 0 Å².